The average molecular weight is 433 g/mol. The summed E-state index contributed by atoms with van der Waals surface area (Å²) in [5.74, 6) is 0.328. The molecule has 1 aromatic heterocycles. The van der Waals surface area contributed by atoms with Crippen LogP contribution in [0.15, 0.2) is 35.2 Å². The predicted molar refractivity (Wildman–Crippen MR) is 98.6 cm³/mol. The van der Waals surface area contributed by atoms with Crippen LogP contribution in [0.3, 0.4) is 0 Å². The summed E-state index contributed by atoms with van der Waals surface area (Å²) in [6.45, 7) is 5.48. The van der Waals surface area contributed by atoms with E-state index in [1.54, 1.807) is 39.0 Å². The monoisotopic (exact) mass is 431 g/mol. The summed E-state index contributed by atoms with van der Waals surface area (Å²) in [6.07, 6.45) is 2.43. The van der Waals surface area contributed by atoms with Crippen LogP contribution in [0, 0.1) is 0 Å². The maximum absolute atomic E-state index is 12.6. The number of benzene rings is 1. The molecule has 24 heavy (non-hydrogen) atoms. The van der Waals surface area contributed by atoms with E-state index in [-0.39, 0.29) is 6.54 Å². The molecule has 0 atom stereocenters. The van der Waals surface area contributed by atoms with Crippen LogP contribution in [0.5, 0.6) is 0 Å². The van der Waals surface area contributed by atoms with Crippen LogP contribution < -0.4 is 4.90 Å². The highest BCUT2D eigenvalue weighted by Crippen LogP contribution is 2.28. The van der Waals surface area contributed by atoms with Gasteiger partial charge in [-0.2, -0.15) is 0 Å². The molecule has 0 aliphatic heterocycles. The molecule has 5 nitrogen and oxygen atoms in total. The van der Waals surface area contributed by atoms with Crippen LogP contribution in [0.4, 0.5) is 10.6 Å². The van der Waals surface area contributed by atoms with E-state index in [4.69, 9.17) is 27.9 Å². The number of amides is 1. The summed E-state index contributed by atoms with van der Waals surface area (Å²) in [4.78, 5) is 22.3. The maximum atomic E-state index is 12.6. The number of anilines is 1. The lowest BCUT2D eigenvalue weighted by molar-refractivity contribution is 0.0576. The van der Waals surface area contributed by atoms with E-state index in [1.807, 2.05) is 0 Å². The summed E-state index contributed by atoms with van der Waals surface area (Å²) in [7, 11) is 0. The molecule has 0 unspecified atom stereocenters. The number of carbonyl (C=O) groups is 1. The molecule has 0 saturated carbocycles. The first kappa shape index (κ1) is 19.0. The Morgan fingerprint density at radius 2 is 1.88 bits per heavy atom. The van der Waals surface area contributed by atoms with Crippen molar-refractivity contribution >= 4 is 51.0 Å². The van der Waals surface area contributed by atoms with Crippen molar-refractivity contribution in [2.45, 2.75) is 32.9 Å². The van der Waals surface area contributed by atoms with Gasteiger partial charge in [-0.25, -0.2) is 9.78 Å². The number of carbonyl (C=O) groups excluding carboxylic acids is 1. The Morgan fingerprint density at radius 1 is 1.25 bits per heavy atom. The van der Waals surface area contributed by atoms with Gasteiger partial charge in [0.15, 0.2) is 5.82 Å². The minimum Gasteiger partial charge on any atom is -0.443 e. The number of rotatable bonds is 3. The second-order valence-corrected chi connectivity index (χ2v) is 7.59. The molecular weight excluding hydrogens is 417 g/mol. The van der Waals surface area contributed by atoms with Gasteiger partial charge in [0.25, 0.3) is 0 Å². The maximum Gasteiger partial charge on any atom is 0.416 e. The van der Waals surface area contributed by atoms with Crippen LogP contribution >= 0.6 is 39.1 Å². The van der Waals surface area contributed by atoms with E-state index < -0.39 is 11.7 Å². The molecular formula is C16H16BrCl2N3O2. The lowest BCUT2D eigenvalue weighted by atomic mass is 10.2. The van der Waals surface area contributed by atoms with Crippen molar-refractivity contribution in [2.24, 2.45) is 0 Å². The van der Waals surface area contributed by atoms with Crippen LogP contribution in [0.25, 0.3) is 0 Å². The molecule has 1 amide bonds. The van der Waals surface area contributed by atoms with Crippen molar-refractivity contribution in [3.63, 3.8) is 0 Å². The van der Waals surface area contributed by atoms with Crippen LogP contribution in [-0.4, -0.2) is 21.7 Å². The molecule has 128 valence electrons. The van der Waals surface area contributed by atoms with Crippen molar-refractivity contribution in [1.82, 2.24) is 9.97 Å². The van der Waals surface area contributed by atoms with E-state index in [9.17, 15) is 4.79 Å². The molecule has 2 rings (SSSR count). The van der Waals surface area contributed by atoms with Gasteiger partial charge >= 0.3 is 6.09 Å². The van der Waals surface area contributed by atoms with Gasteiger partial charge in [0.1, 0.15) is 10.2 Å². The molecule has 2 aromatic rings. The molecule has 1 heterocycles. The summed E-state index contributed by atoms with van der Waals surface area (Å²) in [6, 6.07) is 5.16. The van der Waals surface area contributed by atoms with Gasteiger partial charge in [-0.3, -0.25) is 9.88 Å². The van der Waals surface area contributed by atoms with E-state index in [2.05, 4.69) is 25.9 Å². The zero-order valence-electron chi connectivity index (χ0n) is 13.4. The average Bonchev–Trinajstić information content (AvgIpc) is 2.45. The normalized spacial score (nSPS) is 11.2. The van der Waals surface area contributed by atoms with E-state index >= 15 is 0 Å². The molecule has 1 aromatic carbocycles. The predicted octanol–water partition coefficient (Wildman–Crippen LogP) is 5.49. The summed E-state index contributed by atoms with van der Waals surface area (Å²) < 4.78 is 5.96. The fourth-order valence-electron chi connectivity index (χ4n) is 1.86. The molecule has 0 radical (unpaired) electrons. The number of halogens is 3. The summed E-state index contributed by atoms with van der Waals surface area (Å²) >= 11 is 15.7. The first-order valence-corrected chi connectivity index (χ1v) is 8.63. The lowest BCUT2D eigenvalue weighted by Crippen LogP contribution is -2.37. The highest BCUT2D eigenvalue weighted by atomic mass is 79.9. The third-order valence-electron chi connectivity index (χ3n) is 2.86. The van der Waals surface area contributed by atoms with Crippen molar-refractivity contribution in [2.75, 3.05) is 4.90 Å². The van der Waals surface area contributed by atoms with Crippen LogP contribution in [-0.2, 0) is 11.3 Å². The molecule has 0 bridgehead atoms. The van der Waals surface area contributed by atoms with Gasteiger partial charge in [0, 0.05) is 15.6 Å². The topological polar surface area (TPSA) is 55.3 Å². The van der Waals surface area contributed by atoms with Gasteiger partial charge < -0.3 is 4.74 Å². The Kier molecular flexibility index (Phi) is 6.06. The Hall–Kier alpha value is -1.37. The number of nitrogens with zero attached hydrogens (tertiary/aromatic N) is 3. The fraction of sp³-hybridized carbons (Fsp3) is 0.312. The highest BCUT2D eigenvalue weighted by molar-refractivity contribution is 9.10. The molecule has 0 aliphatic rings. The second-order valence-electron chi connectivity index (χ2n) is 5.97. The van der Waals surface area contributed by atoms with Crippen molar-refractivity contribution in [1.29, 1.82) is 0 Å². The Bertz CT molecular complexity index is 730. The standard InChI is InChI=1S/C16H16BrCl2N3O2/c1-16(2,3)24-15(23)22(14-8-20-7-13(17)21-14)9-10-11(18)5-4-6-12(10)19/h4-8H,9H2,1-3H3. The van der Waals surface area contributed by atoms with Crippen LogP contribution in [0.2, 0.25) is 10.0 Å². The van der Waals surface area contributed by atoms with Gasteiger partial charge in [-0.1, -0.05) is 29.3 Å². The van der Waals surface area contributed by atoms with E-state index in [0.717, 1.165) is 0 Å². The SMILES string of the molecule is CC(C)(C)OC(=O)N(Cc1c(Cl)cccc1Cl)c1cncc(Br)n1. The molecule has 8 heteroatoms. The second kappa shape index (κ2) is 7.68. The molecule has 0 fully saturated rings. The van der Waals surface area contributed by atoms with Gasteiger partial charge in [-0.05, 0) is 48.8 Å². The lowest BCUT2D eigenvalue weighted by Gasteiger charge is -2.27. The summed E-state index contributed by atoms with van der Waals surface area (Å²) in [5, 5.41) is 0.915. The molecule has 0 saturated heterocycles. The van der Waals surface area contributed by atoms with E-state index in [1.165, 1.54) is 17.3 Å². The number of ether oxygens (including phenoxy) is 1. The number of hydrogen-bond donors (Lipinski definition) is 0. The first-order chi connectivity index (χ1) is 11.2. The van der Waals surface area contributed by atoms with Crippen molar-refractivity contribution in [3.05, 3.63) is 50.8 Å². The first-order valence-electron chi connectivity index (χ1n) is 7.08. The minimum atomic E-state index is -0.654. The smallest absolute Gasteiger partial charge is 0.416 e. The minimum absolute atomic E-state index is 0.110. The van der Waals surface area contributed by atoms with Gasteiger partial charge in [0.05, 0.1) is 18.9 Å². The number of hydrogen-bond acceptors (Lipinski definition) is 4. The van der Waals surface area contributed by atoms with Crippen molar-refractivity contribution < 1.29 is 9.53 Å². The zero-order chi connectivity index (χ0) is 17.9. The molecule has 0 aliphatic carbocycles. The third-order valence-corrected chi connectivity index (χ3v) is 3.95. The molecule has 0 N–H and O–H groups in total. The Balaban J connectivity index is 2.41. The Morgan fingerprint density at radius 3 is 2.42 bits per heavy atom. The van der Waals surface area contributed by atoms with Crippen molar-refractivity contribution in [3.8, 4) is 0 Å². The summed E-state index contributed by atoms with van der Waals surface area (Å²) in [5.41, 5.74) is -0.0487. The quantitative estimate of drug-likeness (QED) is 0.643. The largest absolute Gasteiger partial charge is 0.443 e. The highest BCUT2D eigenvalue weighted by Gasteiger charge is 2.26. The zero-order valence-corrected chi connectivity index (χ0v) is 16.5. The molecule has 0 spiro atoms. The Labute approximate surface area is 159 Å². The van der Waals surface area contributed by atoms with Crippen LogP contribution in [0.1, 0.15) is 26.3 Å². The van der Waals surface area contributed by atoms with Gasteiger partial charge in [-0.15, -0.1) is 0 Å². The third kappa shape index (κ3) is 5.06. The van der Waals surface area contributed by atoms with Gasteiger partial charge in [0.2, 0.25) is 0 Å². The number of aromatic nitrogens is 2. The fourth-order valence-corrected chi connectivity index (χ4v) is 2.68. The van der Waals surface area contributed by atoms with E-state index in [0.29, 0.717) is 26.0 Å².